The van der Waals surface area contributed by atoms with E-state index in [9.17, 15) is 4.79 Å². The number of hydrogen-bond acceptors (Lipinski definition) is 4. The summed E-state index contributed by atoms with van der Waals surface area (Å²) in [5, 5.41) is 17.7. The number of methoxy groups -OCH3 is 1. The first-order valence-electron chi connectivity index (χ1n) is 4.83. The minimum Gasteiger partial charge on any atom is -0.508 e. The van der Waals surface area contributed by atoms with Crippen LogP contribution in [-0.2, 0) is 9.53 Å². The molecule has 0 saturated heterocycles. The van der Waals surface area contributed by atoms with Crippen molar-refractivity contribution in [1.29, 1.82) is 5.26 Å². The Morgan fingerprint density at radius 1 is 1.41 bits per heavy atom. The molecule has 0 aliphatic heterocycles. The number of hydrogen-bond donors (Lipinski definition) is 1. The summed E-state index contributed by atoms with van der Waals surface area (Å²) in [6.45, 7) is 0. The molecule has 0 saturated carbocycles. The van der Waals surface area contributed by atoms with Crippen molar-refractivity contribution in [3.8, 4) is 11.8 Å². The van der Waals surface area contributed by atoms with Gasteiger partial charge >= 0.3 is 5.97 Å². The van der Waals surface area contributed by atoms with Crippen LogP contribution in [0.4, 0.5) is 0 Å². The van der Waals surface area contributed by atoms with E-state index >= 15 is 0 Å². The summed E-state index contributed by atoms with van der Waals surface area (Å²) >= 11 is 0. The van der Waals surface area contributed by atoms with Gasteiger partial charge in [0.2, 0.25) is 0 Å². The molecule has 86 valence electrons. The highest BCUT2D eigenvalue weighted by Crippen LogP contribution is 2.11. The number of allylic oxidation sites excluding steroid dienone is 2. The molecule has 4 nitrogen and oxygen atoms in total. The van der Waals surface area contributed by atoms with Crippen molar-refractivity contribution in [2.45, 2.75) is 0 Å². The molecule has 1 aromatic rings. The average molecular weight is 229 g/mol. The lowest BCUT2D eigenvalue weighted by Gasteiger charge is -1.94. The maximum Gasteiger partial charge on any atom is 0.348 e. The number of rotatable bonds is 3. The van der Waals surface area contributed by atoms with Crippen LogP contribution in [0.1, 0.15) is 5.56 Å². The molecule has 0 aromatic heterocycles. The van der Waals surface area contributed by atoms with Gasteiger partial charge in [-0.2, -0.15) is 5.26 Å². The van der Waals surface area contributed by atoms with Gasteiger partial charge in [0.05, 0.1) is 7.11 Å². The van der Waals surface area contributed by atoms with E-state index in [1.807, 2.05) is 0 Å². The maximum absolute atomic E-state index is 11.1. The van der Waals surface area contributed by atoms with Gasteiger partial charge in [0.1, 0.15) is 17.4 Å². The zero-order valence-electron chi connectivity index (χ0n) is 9.25. The molecule has 0 unspecified atom stereocenters. The normalized spacial score (nSPS) is 11.2. The van der Waals surface area contributed by atoms with Crippen LogP contribution in [0.2, 0.25) is 0 Å². The predicted octanol–water partition coefficient (Wildman–Crippen LogP) is 2.03. The SMILES string of the molecule is COC(=O)/C(C#N)=C/C=C/c1ccc(O)cc1. The zero-order valence-corrected chi connectivity index (χ0v) is 9.25. The minimum absolute atomic E-state index is 0.0671. The molecule has 0 heterocycles. The van der Waals surface area contributed by atoms with Crippen LogP contribution in [0.15, 0.2) is 42.0 Å². The number of phenolic OH excluding ortho intramolecular Hbond substituents is 1. The van der Waals surface area contributed by atoms with Gasteiger partial charge in [-0.25, -0.2) is 4.79 Å². The standard InChI is InChI=1S/C13H11NO3/c1-17-13(16)11(9-14)4-2-3-10-5-7-12(15)8-6-10/h2-8,15H,1H3/b3-2+,11-4+. The fraction of sp³-hybridized carbons (Fsp3) is 0.0769. The quantitative estimate of drug-likeness (QED) is 0.372. The molecule has 4 heteroatoms. The van der Waals surface area contributed by atoms with Gasteiger partial charge in [0.15, 0.2) is 0 Å². The first kappa shape index (κ1) is 12.5. The average Bonchev–Trinajstić information content (AvgIpc) is 2.36. The Hall–Kier alpha value is -2.54. The van der Waals surface area contributed by atoms with Crippen molar-refractivity contribution in [3.05, 3.63) is 47.6 Å². The summed E-state index contributed by atoms with van der Waals surface area (Å²) in [6.07, 6.45) is 4.65. The number of phenols is 1. The molecular formula is C13H11NO3. The lowest BCUT2D eigenvalue weighted by molar-refractivity contribution is -0.135. The van der Waals surface area contributed by atoms with Crippen molar-refractivity contribution in [3.63, 3.8) is 0 Å². The fourth-order valence-electron chi connectivity index (χ4n) is 1.10. The second kappa shape index (κ2) is 6.13. The summed E-state index contributed by atoms with van der Waals surface area (Å²) in [4.78, 5) is 11.1. The first-order valence-corrected chi connectivity index (χ1v) is 4.83. The second-order valence-electron chi connectivity index (χ2n) is 3.13. The molecule has 1 aromatic carbocycles. The molecule has 0 bridgehead atoms. The Balaban J connectivity index is 2.78. The minimum atomic E-state index is -0.664. The van der Waals surface area contributed by atoms with Gasteiger partial charge < -0.3 is 9.84 Å². The van der Waals surface area contributed by atoms with E-state index in [4.69, 9.17) is 10.4 Å². The lowest BCUT2D eigenvalue weighted by Crippen LogP contribution is -2.02. The number of nitrogens with zero attached hydrogens (tertiary/aromatic N) is 1. The highest BCUT2D eigenvalue weighted by Gasteiger charge is 2.05. The highest BCUT2D eigenvalue weighted by molar-refractivity contribution is 5.93. The predicted molar refractivity (Wildman–Crippen MR) is 62.9 cm³/mol. The molecular weight excluding hydrogens is 218 g/mol. The highest BCUT2D eigenvalue weighted by atomic mass is 16.5. The molecule has 0 spiro atoms. The Labute approximate surface area is 99.1 Å². The van der Waals surface area contributed by atoms with Crippen LogP contribution in [0, 0.1) is 11.3 Å². The monoisotopic (exact) mass is 229 g/mol. The molecule has 0 atom stereocenters. The van der Waals surface area contributed by atoms with Crippen molar-refractivity contribution in [2.75, 3.05) is 7.11 Å². The molecule has 0 fully saturated rings. The van der Waals surface area contributed by atoms with Crippen molar-refractivity contribution >= 4 is 12.0 Å². The number of carbonyl (C=O) groups is 1. The Kier molecular flexibility index (Phi) is 4.52. The van der Waals surface area contributed by atoms with Crippen molar-refractivity contribution in [2.24, 2.45) is 0 Å². The van der Waals surface area contributed by atoms with E-state index in [0.717, 1.165) is 5.56 Å². The van der Waals surface area contributed by atoms with E-state index in [0.29, 0.717) is 0 Å². The number of carbonyl (C=O) groups excluding carboxylic acids is 1. The van der Waals surface area contributed by atoms with Gasteiger partial charge in [-0.3, -0.25) is 0 Å². The van der Waals surface area contributed by atoms with E-state index in [1.54, 1.807) is 42.5 Å². The molecule has 1 N–H and O–H groups in total. The summed E-state index contributed by atoms with van der Waals surface area (Å²) in [7, 11) is 1.22. The maximum atomic E-state index is 11.1. The van der Waals surface area contributed by atoms with Crippen LogP contribution >= 0.6 is 0 Å². The van der Waals surface area contributed by atoms with E-state index < -0.39 is 5.97 Å². The summed E-state index contributed by atoms with van der Waals surface area (Å²) in [5.41, 5.74) is 0.781. The number of benzene rings is 1. The van der Waals surface area contributed by atoms with Crippen molar-refractivity contribution in [1.82, 2.24) is 0 Å². The number of ether oxygens (including phenoxy) is 1. The number of aromatic hydroxyl groups is 1. The molecule has 1 rings (SSSR count). The third-order valence-corrected chi connectivity index (χ3v) is 1.97. The van der Waals surface area contributed by atoms with E-state index in [-0.39, 0.29) is 11.3 Å². The molecule has 0 amide bonds. The first-order chi connectivity index (χ1) is 8.17. The van der Waals surface area contributed by atoms with Crippen LogP contribution in [0.5, 0.6) is 5.75 Å². The number of esters is 1. The van der Waals surface area contributed by atoms with Crippen LogP contribution in [-0.4, -0.2) is 18.2 Å². The van der Waals surface area contributed by atoms with E-state index in [2.05, 4.69) is 4.74 Å². The fourth-order valence-corrected chi connectivity index (χ4v) is 1.10. The summed E-state index contributed by atoms with van der Waals surface area (Å²) < 4.78 is 4.43. The smallest absolute Gasteiger partial charge is 0.348 e. The van der Waals surface area contributed by atoms with Crippen molar-refractivity contribution < 1.29 is 14.6 Å². The molecule has 0 aliphatic rings. The molecule has 0 radical (unpaired) electrons. The number of nitriles is 1. The van der Waals surface area contributed by atoms with Gasteiger partial charge in [0, 0.05) is 0 Å². The van der Waals surface area contributed by atoms with Gasteiger partial charge in [-0.15, -0.1) is 0 Å². The second-order valence-corrected chi connectivity index (χ2v) is 3.13. The Morgan fingerprint density at radius 3 is 2.59 bits per heavy atom. The zero-order chi connectivity index (χ0) is 12.7. The van der Waals surface area contributed by atoms with Gasteiger partial charge in [-0.1, -0.05) is 24.3 Å². The van der Waals surface area contributed by atoms with Gasteiger partial charge in [0.25, 0.3) is 0 Å². The topological polar surface area (TPSA) is 70.3 Å². The largest absolute Gasteiger partial charge is 0.508 e. The van der Waals surface area contributed by atoms with Gasteiger partial charge in [-0.05, 0) is 23.8 Å². The third kappa shape index (κ3) is 3.84. The molecule has 0 aliphatic carbocycles. The van der Waals surface area contributed by atoms with Crippen LogP contribution in [0.3, 0.4) is 0 Å². The lowest BCUT2D eigenvalue weighted by atomic mass is 10.2. The Bertz CT molecular complexity index is 492. The van der Waals surface area contributed by atoms with Crippen LogP contribution < -0.4 is 0 Å². The van der Waals surface area contributed by atoms with E-state index in [1.165, 1.54) is 13.2 Å². The van der Waals surface area contributed by atoms with Crippen LogP contribution in [0.25, 0.3) is 6.08 Å². The third-order valence-electron chi connectivity index (χ3n) is 1.97. The summed E-state index contributed by atoms with van der Waals surface area (Å²) in [5.74, 6) is -0.479. The molecule has 17 heavy (non-hydrogen) atoms. The summed E-state index contributed by atoms with van der Waals surface area (Å²) in [6, 6.07) is 8.27. The Morgan fingerprint density at radius 2 is 2.06 bits per heavy atom.